The second-order valence-electron chi connectivity index (χ2n) is 8.58. The molecule has 0 radical (unpaired) electrons. The Labute approximate surface area is 185 Å². The summed E-state index contributed by atoms with van der Waals surface area (Å²) in [5, 5.41) is 12.4. The summed E-state index contributed by atoms with van der Waals surface area (Å²) in [7, 11) is 0. The lowest BCUT2D eigenvalue weighted by Crippen LogP contribution is -2.53. The highest BCUT2D eigenvalue weighted by Gasteiger charge is 2.26. The quantitative estimate of drug-likeness (QED) is 0.652. The molecule has 2 aliphatic rings. The largest absolute Gasteiger partial charge is 0.396 e. The smallest absolute Gasteiger partial charge is 0.321 e. The van der Waals surface area contributed by atoms with Crippen LogP contribution in [0, 0.1) is 0 Å². The van der Waals surface area contributed by atoms with Gasteiger partial charge in [0, 0.05) is 57.6 Å². The van der Waals surface area contributed by atoms with Gasteiger partial charge in [-0.3, -0.25) is 14.7 Å². The van der Waals surface area contributed by atoms with E-state index >= 15 is 0 Å². The lowest BCUT2D eigenvalue weighted by molar-refractivity contribution is 0.0547. The number of benzene rings is 2. The molecule has 6 heteroatoms. The molecule has 31 heavy (non-hydrogen) atoms. The van der Waals surface area contributed by atoms with E-state index in [-0.39, 0.29) is 12.6 Å². The molecule has 0 saturated carbocycles. The van der Waals surface area contributed by atoms with Crippen LogP contribution in [-0.4, -0.2) is 72.9 Å². The maximum absolute atomic E-state index is 11.8. The Morgan fingerprint density at radius 3 is 2.48 bits per heavy atom. The number of hydrogen-bond acceptors (Lipinski definition) is 4. The van der Waals surface area contributed by atoms with Gasteiger partial charge in [0.15, 0.2) is 0 Å². The minimum Gasteiger partial charge on any atom is -0.396 e. The van der Waals surface area contributed by atoms with Gasteiger partial charge in [-0.2, -0.15) is 0 Å². The van der Waals surface area contributed by atoms with Gasteiger partial charge in [0.05, 0.1) is 0 Å². The van der Waals surface area contributed by atoms with Gasteiger partial charge in [-0.25, -0.2) is 4.79 Å². The van der Waals surface area contributed by atoms with Crippen LogP contribution in [0.2, 0.25) is 0 Å². The predicted octanol–water partition coefficient (Wildman–Crippen LogP) is 2.72. The van der Waals surface area contributed by atoms with Gasteiger partial charge in [0.2, 0.25) is 0 Å². The standard InChI is InChI=1S/C25H34N4O2/c30-18-12-24-20-27(16-17-28(24)14-4-7-21-5-2-1-3-6-21)19-22-8-10-23(11-9-22)29-15-13-26-25(29)31/h1-3,5-6,8-11,24,30H,4,7,12-20H2,(H,26,31)/t24-/m0/s1. The average molecular weight is 423 g/mol. The van der Waals surface area contributed by atoms with Crippen molar-refractivity contribution in [3.05, 3.63) is 65.7 Å². The van der Waals surface area contributed by atoms with E-state index in [0.717, 1.165) is 64.2 Å². The van der Waals surface area contributed by atoms with Crippen molar-refractivity contribution in [2.75, 3.05) is 50.8 Å². The third kappa shape index (κ3) is 5.85. The van der Waals surface area contributed by atoms with E-state index in [1.54, 1.807) is 4.90 Å². The van der Waals surface area contributed by atoms with E-state index < -0.39 is 0 Å². The number of carbonyl (C=O) groups excluding carboxylic acids is 1. The molecule has 2 amide bonds. The molecule has 166 valence electrons. The van der Waals surface area contributed by atoms with Crippen LogP contribution in [0.25, 0.3) is 0 Å². The lowest BCUT2D eigenvalue weighted by Gasteiger charge is -2.41. The van der Waals surface area contributed by atoms with E-state index in [9.17, 15) is 9.90 Å². The van der Waals surface area contributed by atoms with Gasteiger partial charge in [0.25, 0.3) is 0 Å². The predicted molar refractivity (Wildman–Crippen MR) is 124 cm³/mol. The van der Waals surface area contributed by atoms with Crippen LogP contribution in [0.15, 0.2) is 54.6 Å². The molecule has 2 N–H and O–H groups in total. The minimum absolute atomic E-state index is 0.0111. The highest BCUT2D eigenvalue weighted by atomic mass is 16.3. The zero-order valence-corrected chi connectivity index (χ0v) is 18.2. The van der Waals surface area contributed by atoms with Gasteiger partial charge in [0.1, 0.15) is 0 Å². The van der Waals surface area contributed by atoms with E-state index in [2.05, 4.69) is 57.6 Å². The Hall–Kier alpha value is -2.41. The molecule has 0 aromatic heterocycles. The lowest BCUT2D eigenvalue weighted by atomic mass is 10.1. The van der Waals surface area contributed by atoms with E-state index in [1.807, 2.05) is 12.1 Å². The number of nitrogens with zero attached hydrogens (tertiary/aromatic N) is 3. The van der Waals surface area contributed by atoms with Crippen molar-refractivity contribution in [1.29, 1.82) is 0 Å². The number of carbonyl (C=O) groups is 1. The van der Waals surface area contributed by atoms with Gasteiger partial charge in [-0.15, -0.1) is 0 Å². The fourth-order valence-electron chi connectivity index (χ4n) is 4.71. The van der Waals surface area contributed by atoms with E-state index in [1.165, 1.54) is 11.1 Å². The normalized spacial score (nSPS) is 20.2. The molecule has 2 aromatic rings. The number of nitrogens with one attached hydrogen (secondary N) is 1. The number of aliphatic hydroxyl groups is 1. The maximum Gasteiger partial charge on any atom is 0.321 e. The van der Waals surface area contributed by atoms with Crippen LogP contribution in [0.4, 0.5) is 10.5 Å². The van der Waals surface area contributed by atoms with Crippen molar-refractivity contribution < 1.29 is 9.90 Å². The van der Waals surface area contributed by atoms with Crippen LogP contribution < -0.4 is 10.2 Å². The first-order valence-electron chi connectivity index (χ1n) is 11.5. The summed E-state index contributed by atoms with van der Waals surface area (Å²) in [6.07, 6.45) is 3.08. The Morgan fingerprint density at radius 1 is 0.968 bits per heavy atom. The van der Waals surface area contributed by atoms with E-state index in [0.29, 0.717) is 12.6 Å². The monoisotopic (exact) mass is 422 g/mol. The Bertz CT molecular complexity index is 827. The van der Waals surface area contributed by atoms with Gasteiger partial charge >= 0.3 is 6.03 Å². The molecule has 2 heterocycles. The summed E-state index contributed by atoms with van der Waals surface area (Å²) in [6.45, 7) is 6.75. The number of piperazine rings is 1. The summed E-state index contributed by atoms with van der Waals surface area (Å²) in [6, 6.07) is 19.4. The summed E-state index contributed by atoms with van der Waals surface area (Å²) in [5.41, 5.74) is 3.62. The third-order valence-corrected chi connectivity index (χ3v) is 6.42. The first-order valence-corrected chi connectivity index (χ1v) is 11.5. The molecule has 6 nitrogen and oxygen atoms in total. The minimum atomic E-state index is -0.0111. The molecule has 2 fully saturated rings. The van der Waals surface area contributed by atoms with Crippen molar-refractivity contribution >= 4 is 11.7 Å². The highest BCUT2D eigenvalue weighted by Crippen LogP contribution is 2.20. The number of anilines is 1. The van der Waals surface area contributed by atoms with Crippen LogP contribution in [0.3, 0.4) is 0 Å². The van der Waals surface area contributed by atoms with Crippen LogP contribution in [-0.2, 0) is 13.0 Å². The molecule has 0 bridgehead atoms. The Kier molecular flexibility index (Phi) is 7.57. The van der Waals surface area contributed by atoms with Gasteiger partial charge < -0.3 is 10.4 Å². The van der Waals surface area contributed by atoms with E-state index in [4.69, 9.17) is 0 Å². The first kappa shape index (κ1) is 21.8. The number of aryl methyl sites for hydroxylation is 1. The van der Waals surface area contributed by atoms with Crippen molar-refractivity contribution in [2.45, 2.75) is 31.8 Å². The van der Waals surface area contributed by atoms with Crippen molar-refractivity contribution in [2.24, 2.45) is 0 Å². The van der Waals surface area contributed by atoms with Gasteiger partial charge in [-0.1, -0.05) is 42.5 Å². The summed E-state index contributed by atoms with van der Waals surface area (Å²) >= 11 is 0. The molecule has 2 saturated heterocycles. The summed E-state index contributed by atoms with van der Waals surface area (Å²) < 4.78 is 0. The van der Waals surface area contributed by atoms with Crippen LogP contribution in [0.1, 0.15) is 24.0 Å². The average Bonchev–Trinajstić information content (AvgIpc) is 3.22. The molecule has 0 spiro atoms. The molecular formula is C25H34N4O2. The van der Waals surface area contributed by atoms with Crippen LogP contribution >= 0.6 is 0 Å². The number of amides is 2. The third-order valence-electron chi connectivity index (χ3n) is 6.42. The number of rotatable bonds is 9. The second kappa shape index (κ2) is 10.8. The zero-order valence-electron chi connectivity index (χ0n) is 18.2. The molecule has 2 aliphatic heterocycles. The highest BCUT2D eigenvalue weighted by molar-refractivity contribution is 5.93. The Morgan fingerprint density at radius 2 is 1.77 bits per heavy atom. The number of hydrogen-bond donors (Lipinski definition) is 2. The van der Waals surface area contributed by atoms with Crippen molar-refractivity contribution in [1.82, 2.24) is 15.1 Å². The second-order valence-corrected chi connectivity index (χ2v) is 8.58. The fraction of sp³-hybridized carbons (Fsp3) is 0.480. The molecule has 2 aromatic carbocycles. The van der Waals surface area contributed by atoms with Gasteiger partial charge in [-0.05, 0) is 49.1 Å². The molecule has 0 aliphatic carbocycles. The molecule has 1 atom stereocenters. The first-order chi connectivity index (χ1) is 15.2. The number of aliphatic hydroxyl groups excluding tert-OH is 1. The molecule has 4 rings (SSSR count). The van der Waals surface area contributed by atoms with Crippen LogP contribution in [0.5, 0.6) is 0 Å². The summed E-state index contributed by atoms with van der Waals surface area (Å²) in [4.78, 5) is 18.7. The summed E-state index contributed by atoms with van der Waals surface area (Å²) in [5.74, 6) is 0. The van der Waals surface area contributed by atoms with Crippen molar-refractivity contribution in [3.63, 3.8) is 0 Å². The SMILES string of the molecule is O=C1NCCN1c1ccc(CN2CCN(CCCc3ccccc3)[C@@H](CCO)C2)cc1. The zero-order chi connectivity index (χ0) is 21.5. The fourth-order valence-corrected chi connectivity index (χ4v) is 4.71. The topological polar surface area (TPSA) is 59.1 Å². The Balaban J connectivity index is 1.28. The number of urea groups is 1. The molecular weight excluding hydrogens is 388 g/mol. The maximum atomic E-state index is 11.8. The molecule has 0 unspecified atom stereocenters. The van der Waals surface area contributed by atoms with Crippen molar-refractivity contribution in [3.8, 4) is 0 Å².